The molecule has 0 radical (unpaired) electrons. The zero-order valence-electron chi connectivity index (χ0n) is 9.57. The Balaban J connectivity index is 1.78. The van der Waals surface area contributed by atoms with Crippen LogP contribution in [0.4, 0.5) is 17.6 Å². The number of nitrogens with one attached hydrogen (secondary N) is 2. The Morgan fingerprint density at radius 2 is 2.29 bits per heavy atom. The quantitative estimate of drug-likeness (QED) is 0.746. The van der Waals surface area contributed by atoms with Gasteiger partial charge in [0.25, 0.3) is 0 Å². The maximum absolute atomic E-state index is 5.72. The van der Waals surface area contributed by atoms with Gasteiger partial charge in [-0.15, -0.1) is 0 Å². The molecular formula is C11H14N6. The highest BCUT2D eigenvalue weighted by Crippen LogP contribution is 2.39. The third kappa shape index (κ3) is 2.06. The summed E-state index contributed by atoms with van der Waals surface area (Å²) in [6.07, 6.45) is 4.18. The second-order valence-electron chi connectivity index (χ2n) is 4.37. The van der Waals surface area contributed by atoms with Gasteiger partial charge in [0.2, 0.25) is 5.95 Å². The Morgan fingerprint density at radius 1 is 1.47 bits per heavy atom. The lowest BCUT2D eigenvalue weighted by atomic mass is 10.3. The number of nitrogen functional groups attached to an aromatic ring is 1. The van der Waals surface area contributed by atoms with E-state index in [0.29, 0.717) is 17.7 Å². The van der Waals surface area contributed by atoms with E-state index in [1.54, 1.807) is 6.20 Å². The van der Waals surface area contributed by atoms with E-state index in [0.717, 1.165) is 11.4 Å². The molecule has 0 saturated heterocycles. The van der Waals surface area contributed by atoms with Gasteiger partial charge in [-0.2, -0.15) is 10.1 Å². The van der Waals surface area contributed by atoms with E-state index < -0.39 is 0 Å². The van der Waals surface area contributed by atoms with Crippen LogP contribution < -0.4 is 11.1 Å². The minimum absolute atomic E-state index is 0.474. The Morgan fingerprint density at radius 3 is 3.00 bits per heavy atom. The van der Waals surface area contributed by atoms with Gasteiger partial charge in [-0.1, -0.05) is 0 Å². The van der Waals surface area contributed by atoms with Crippen molar-refractivity contribution in [2.75, 3.05) is 11.1 Å². The molecule has 17 heavy (non-hydrogen) atoms. The second kappa shape index (κ2) is 3.73. The van der Waals surface area contributed by atoms with Gasteiger partial charge >= 0.3 is 0 Å². The fourth-order valence-electron chi connectivity index (χ4n) is 1.63. The van der Waals surface area contributed by atoms with E-state index in [-0.39, 0.29) is 0 Å². The zero-order chi connectivity index (χ0) is 11.8. The van der Waals surface area contributed by atoms with Crippen molar-refractivity contribution >= 4 is 17.6 Å². The topological polar surface area (TPSA) is 92.5 Å². The summed E-state index contributed by atoms with van der Waals surface area (Å²) in [7, 11) is 0. The van der Waals surface area contributed by atoms with Crippen molar-refractivity contribution in [1.29, 1.82) is 0 Å². The van der Waals surface area contributed by atoms with Crippen LogP contribution in [0.1, 0.15) is 30.0 Å². The van der Waals surface area contributed by atoms with Crippen LogP contribution >= 0.6 is 0 Å². The molecule has 1 aliphatic carbocycles. The van der Waals surface area contributed by atoms with Crippen LogP contribution in [0.15, 0.2) is 12.3 Å². The first-order valence-electron chi connectivity index (χ1n) is 5.64. The number of aromatic nitrogens is 4. The van der Waals surface area contributed by atoms with Crippen molar-refractivity contribution in [3.05, 3.63) is 23.5 Å². The van der Waals surface area contributed by atoms with Crippen molar-refractivity contribution in [2.24, 2.45) is 0 Å². The number of rotatable bonds is 3. The molecule has 0 amide bonds. The smallest absolute Gasteiger partial charge is 0.230 e. The lowest BCUT2D eigenvalue weighted by Gasteiger charge is -2.02. The van der Waals surface area contributed by atoms with E-state index in [2.05, 4.69) is 25.5 Å². The number of nitrogens with zero attached hydrogens (tertiary/aromatic N) is 3. The molecule has 0 atom stereocenters. The van der Waals surface area contributed by atoms with E-state index in [1.165, 1.54) is 18.5 Å². The monoisotopic (exact) mass is 230 g/mol. The molecule has 0 bridgehead atoms. The average molecular weight is 230 g/mol. The summed E-state index contributed by atoms with van der Waals surface area (Å²) in [5.41, 5.74) is 7.76. The number of anilines is 3. The summed E-state index contributed by atoms with van der Waals surface area (Å²) < 4.78 is 0. The standard InChI is InChI=1S/C11H14N6/c1-6-5-13-11(15-10(6)12)14-9-4-8(16-17-9)7-2-3-7/h4-5,7H,2-3H2,1H3,(H4,12,13,14,15,16,17). The van der Waals surface area contributed by atoms with E-state index in [4.69, 9.17) is 5.73 Å². The maximum Gasteiger partial charge on any atom is 0.230 e. The molecule has 1 saturated carbocycles. The van der Waals surface area contributed by atoms with Crippen LogP contribution in [-0.4, -0.2) is 20.2 Å². The minimum Gasteiger partial charge on any atom is -0.383 e. The number of hydrogen-bond donors (Lipinski definition) is 3. The average Bonchev–Trinajstić information content (AvgIpc) is 3.06. The first-order chi connectivity index (χ1) is 8.22. The summed E-state index contributed by atoms with van der Waals surface area (Å²) in [5, 5.41) is 10.2. The molecule has 0 aliphatic heterocycles. The van der Waals surface area contributed by atoms with Crippen LogP contribution in [0, 0.1) is 6.92 Å². The Kier molecular flexibility index (Phi) is 2.21. The van der Waals surface area contributed by atoms with Crippen molar-refractivity contribution < 1.29 is 0 Å². The van der Waals surface area contributed by atoms with Crippen molar-refractivity contribution in [3.8, 4) is 0 Å². The minimum atomic E-state index is 0.474. The number of hydrogen-bond acceptors (Lipinski definition) is 5. The molecule has 6 heteroatoms. The van der Waals surface area contributed by atoms with Gasteiger partial charge in [0.15, 0.2) is 5.82 Å². The predicted molar refractivity (Wildman–Crippen MR) is 65.0 cm³/mol. The van der Waals surface area contributed by atoms with E-state index in [1.807, 2.05) is 13.0 Å². The predicted octanol–water partition coefficient (Wildman–Crippen LogP) is 1.71. The van der Waals surface area contributed by atoms with E-state index in [9.17, 15) is 0 Å². The lowest BCUT2D eigenvalue weighted by Crippen LogP contribution is -2.01. The summed E-state index contributed by atoms with van der Waals surface area (Å²) in [6.45, 7) is 1.87. The van der Waals surface area contributed by atoms with Gasteiger partial charge in [0.1, 0.15) is 5.82 Å². The summed E-state index contributed by atoms with van der Waals surface area (Å²) in [4.78, 5) is 8.29. The Labute approximate surface area is 98.7 Å². The Hall–Kier alpha value is -2.11. The third-order valence-corrected chi connectivity index (χ3v) is 2.87. The molecule has 0 unspecified atom stereocenters. The number of aromatic amines is 1. The van der Waals surface area contributed by atoms with Gasteiger partial charge in [-0.25, -0.2) is 4.98 Å². The fraction of sp³-hybridized carbons (Fsp3) is 0.364. The summed E-state index contributed by atoms with van der Waals surface area (Å²) >= 11 is 0. The molecular weight excluding hydrogens is 216 g/mol. The van der Waals surface area contributed by atoms with Crippen LogP contribution in [0.5, 0.6) is 0 Å². The van der Waals surface area contributed by atoms with Crippen LogP contribution in [0.3, 0.4) is 0 Å². The molecule has 0 aromatic carbocycles. The van der Waals surface area contributed by atoms with Gasteiger partial charge in [0, 0.05) is 29.4 Å². The van der Waals surface area contributed by atoms with Crippen LogP contribution in [0.25, 0.3) is 0 Å². The summed E-state index contributed by atoms with van der Waals surface area (Å²) in [5.74, 6) is 2.35. The Bertz CT molecular complexity index is 543. The lowest BCUT2D eigenvalue weighted by molar-refractivity contribution is 0.965. The molecule has 2 heterocycles. The summed E-state index contributed by atoms with van der Waals surface area (Å²) in [6, 6.07) is 2.00. The molecule has 1 fully saturated rings. The highest BCUT2D eigenvalue weighted by atomic mass is 15.2. The molecule has 2 aromatic rings. The molecule has 1 aliphatic rings. The highest BCUT2D eigenvalue weighted by molar-refractivity contribution is 5.51. The maximum atomic E-state index is 5.72. The third-order valence-electron chi connectivity index (χ3n) is 2.87. The first-order valence-corrected chi connectivity index (χ1v) is 5.64. The fourth-order valence-corrected chi connectivity index (χ4v) is 1.63. The van der Waals surface area contributed by atoms with Crippen molar-refractivity contribution in [2.45, 2.75) is 25.7 Å². The molecule has 3 rings (SSSR count). The van der Waals surface area contributed by atoms with Crippen molar-refractivity contribution in [3.63, 3.8) is 0 Å². The molecule has 88 valence electrons. The molecule has 0 spiro atoms. The highest BCUT2D eigenvalue weighted by Gasteiger charge is 2.25. The van der Waals surface area contributed by atoms with Gasteiger partial charge < -0.3 is 11.1 Å². The van der Waals surface area contributed by atoms with Crippen LogP contribution in [-0.2, 0) is 0 Å². The van der Waals surface area contributed by atoms with Gasteiger partial charge in [0.05, 0.1) is 0 Å². The zero-order valence-corrected chi connectivity index (χ0v) is 9.57. The second-order valence-corrected chi connectivity index (χ2v) is 4.37. The first kappa shape index (κ1) is 10.1. The molecule has 4 N–H and O–H groups in total. The molecule has 6 nitrogen and oxygen atoms in total. The normalized spacial score (nSPS) is 14.9. The largest absolute Gasteiger partial charge is 0.383 e. The van der Waals surface area contributed by atoms with E-state index >= 15 is 0 Å². The molecule has 2 aromatic heterocycles. The van der Waals surface area contributed by atoms with Gasteiger partial charge in [-0.3, -0.25) is 5.10 Å². The SMILES string of the molecule is Cc1cnc(Nc2cc(C3CC3)[nH]n2)nc1N. The number of nitrogens with two attached hydrogens (primary N) is 1. The van der Waals surface area contributed by atoms with Crippen molar-refractivity contribution in [1.82, 2.24) is 20.2 Å². The number of H-pyrrole nitrogens is 1. The van der Waals surface area contributed by atoms with Crippen LogP contribution in [0.2, 0.25) is 0 Å². The number of aryl methyl sites for hydroxylation is 1. The van der Waals surface area contributed by atoms with Gasteiger partial charge in [-0.05, 0) is 19.8 Å².